The number of fused-ring (bicyclic) bond motifs is 3. The van der Waals surface area contributed by atoms with Gasteiger partial charge in [-0.25, -0.2) is 8.78 Å². The third-order valence-corrected chi connectivity index (χ3v) is 5.60. The fourth-order valence-electron chi connectivity index (χ4n) is 3.47. The number of aliphatic hydroxyl groups is 1. The van der Waals surface area contributed by atoms with Crippen molar-refractivity contribution >= 4 is 21.4 Å². The van der Waals surface area contributed by atoms with Gasteiger partial charge in [-0.05, 0) is 11.6 Å². The monoisotopic (exact) mass is 367 g/mol. The van der Waals surface area contributed by atoms with Gasteiger partial charge in [0.1, 0.15) is 10.3 Å². The van der Waals surface area contributed by atoms with E-state index in [2.05, 4.69) is 15.2 Å². The Hall–Kier alpha value is -2.10. The average molecular weight is 367 g/mol. The van der Waals surface area contributed by atoms with Crippen LogP contribution in [-0.2, 0) is 16.8 Å². The van der Waals surface area contributed by atoms with E-state index in [-0.39, 0.29) is 17.9 Å². The number of halogens is 2. The fourth-order valence-corrected chi connectivity index (χ4v) is 4.53. The van der Waals surface area contributed by atoms with Crippen LogP contribution in [0.15, 0.2) is 23.3 Å². The lowest BCUT2D eigenvalue weighted by molar-refractivity contribution is -0.131. The largest absolute Gasteiger partial charge is 0.381 e. The second kappa shape index (κ2) is 5.45. The Balaban J connectivity index is 2.00. The molecule has 0 fully saturated rings. The number of aromatic amines is 2. The van der Waals surface area contributed by atoms with Crippen molar-refractivity contribution in [3.8, 4) is 10.4 Å². The Morgan fingerprint density at radius 3 is 2.96 bits per heavy atom. The van der Waals surface area contributed by atoms with E-state index in [9.17, 15) is 18.7 Å². The molecule has 3 aromatic heterocycles. The van der Waals surface area contributed by atoms with Crippen molar-refractivity contribution in [1.29, 1.82) is 0 Å². The lowest BCUT2D eigenvalue weighted by Crippen LogP contribution is -2.45. The lowest BCUT2D eigenvalue weighted by Gasteiger charge is -2.37. The highest BCUT2D eigenvalue weighted by Crippen LogP contribution is 2.45. The molecule has 132 valence electrons. The lowest BCUT2D eigenvalue weighted by atomic mass is 9.80. The van der Waals surface area contributed by atoms with E-state index in [1.54, 1.807) is 18.5 Å². The van der Waals surface area contributed by atoms with Crippen LogP contribution in [-0.4, -0.2) is 39.9 Å². The zero-order chi connectivity index (χ0) is 17.8. The molecule has 0 aromatic carbocycles. The van der Waals surface area contributed by atoms with Crippen LogP contribution in [0.2, 0.25) is 0 Å². The fraction of sp³-hybridized carbons (Fsp3) is 0.375. The van der Waals surface area contributed by atoms with Crippen molar-refractivity contribution in [3.63, 3.8) is 0 Å². The number of ether oxygens (including phenoxy) is 1. The van der Waals surface area contributed by atoms with Gasteiger partial charge in [-0.2, -0.15) is 5.10 Å². The number of methoxy groups -OCH3 is 1. The zero-order valence-corrected chi connectivity index (χ0v) is 14.0. The molecule has 0 aliphatic heterocycles. The molecule has 6 nitrogen and oxygen atoms in total. The van der Waals surface area contributed by atoms with Gasteiger partial charge in [0.05, 0.1) is 18.5 Å². The molecule has 0 saturated heterocycles. The Kier molecular flexibility index (Phi) is 3.57. The molecule has 0 bridgehead atoms. The highest BCUT2D eigenvalue weighted by molar-refractivity contribution is 7.22. The Morgan fingerprint density at radius 2 is 2.28 bits per heavy atom. The number of aromatic nitrogens is 3. The summed E-state index contributed by atoms with van der Waals surface area (Å²) in [5.74, 6) is -3.09. The molecule has 0 unspecified atom stereocenters. The second-order valence-corrected chi connectivity index (χ2v) is 7.37. The van der Waals surface area contributed by atoms with E-state index in [1.165, 1.54) is 18.4 Å². The molecule has 1 aliphatic carbocycles. The summed E-state index contributed by atoms with van der Waals surface area (Å²) in [5.41, 5.74) is -1.19. The third-order valence-electron chi connectivity index (χ3n) is 4.42. The van der Waals surface area contributed by atoms with Gasteiger partial charge in [0.15, 0.2) is 0 Å². The van der Waals surface area contributed by atoms with Crippen LogP contribution in [0.3, 0.4) is 0 Å². The van der Waals surface area contributed by atoms with Crippen LogP contribution in [0, 0.1) is 0 Å². The normalized spacial score (nSPS) is 22.2. The van der Waals surface area contributed by atoms with Gasteiger partial charge >= 0.3 is 0 Å². The van der Waals surface area contributed by atoms with Gasteiger partial charge in [0.25, 0.3) is 11.5 Å². The van der Waals surface area contributed by atoms with Gasteiger partial charge in [-0.1, -0.05) is 0 Å². The van der Waals surface area contributed by atoms with E-state index in [4.69, 9.17) is 4.74 Å². The van der Waals surface area contributed by atoms with Crippen LogP contribution >= 0.6 is 11.3 Å². The van der Waals surface area contributed by atoms with E-state index in [0.29, 0.717) is 10.1 Å². The molecule has 0 spiro atoms. The number of rotatable bonds is 3. The second-order valence-electron chi connectivity index (χ2n) is 6.32. The molecule has 0 amide bonds. The Bertz CT molecular complexity index is 996. The number of pyridine rings is 1. The highest BCUT2D eigenvalue weighted by Gasteiger charge is 2.49. The van der Waals surface area contributed by atoms with Gasteiger partial charge in [0.2, 0.25) is 0 Å². The zero-order valence-electron chi connectivity index (χ0n) is 13.2. The minimum Gasteiger partial charge on any atom is -0.381 e. The first kappa shape index (κ1) is 16.4. The van der Waals surface area contributed by atoms with Crippen molar-refractivity contribution in [2.45, 2.75) is 24.4 Å². The van der Waals surface area contributed by atoms with Crippen molar-refractivity contribution in [2.75, 3.05) is 13.7 Å². The predicted molar refractivity (Wildman–Crippen MR) is 89.1 cm³/mol. The molecule has 1 atom stereocenters. The molecule has 4 rings (SSSR count). The molecular formula is C16H15F2N3O3S. The van der Waals surface area contributed by atoms with Gasteiger partial charge in [-0.15, -0.1) is 11.3 Å². The van der Waals surface area contributed by atoms with Crippen molar-refractivity contribution in [2.24, 2.45) is 0 Å². The summed E-state index contributed by atoms with van der Waals surface area (Å²) in [6, 6.07) is 1.70. The first-order chi connectivity index (χ1) is 11.8. The number of H-pyrrole nitrogens is 2. The number of nitrogens with zero attached hydrogens (tertiary/aromatic N) is 1. The summed E-state index contributed by atoms with van der Waals surface area (Å²) in [6.07, 6.45) is 1.94. The van der Waals surface area contributed by atoms with E-state index in [1.807, 2.05) is 0 Å². The van der Waals surface area contributed by atoms with Crippen LogP contribution < -0.4 is 5.56 Å². The van der Waals surface area contributed by atoms with Gasteiger partial charge < -0.3 is 14.8 Å². The molecule has 25 heavy (non-hydrogen) atoms. The first-order valence-electron chi connectivity index (χ1n) is 7.60. The maximum atomic E-state index is 14.3. The average Bonchev–Trinajstić information content (AvgIpc) is 3.16. The first-order valence-corrected chi connectivity index (χ1v) is 8.42. The minimum absolute atomic E-state index is 0.120. The van der Waals surface area contributed by atoms with E-state index < -0.39 is 29.9 Å². The molecule has 0 radical (unpaired) electrons. The summed E-state index contributed by atoms with van der Waals surface area (Å²) < 4.78 is 33.9. The van der Waals surface area contributed by atoms with Crippen molar-refractivity contribution < 1.29 is 18.6 Å². The summed E-state index contributed by atoms with van der Waals surface area (Å²) in [4.78, 5) is 15.8. The molecule has 3 heterocycles. The van der Waals surface area contributed by atoms with Crippen LogP contribution in [0.1, 0.15) is 17.7 Å². The molecule has 1 aliphatic rings. The van der Waals surface area contributed by atoms with Crippen LogP contribution in [0.25, 0.3) is 20.5 Å². The summed E-state index contributed by atoms with van der Waals surface area (Å²) >= 11 is 1.21. The number of hydrogen-bond acceptors (Lipinski definition) is 5. The van der Waals surface area contributed by atoms with Gasteiger partial charge in [0, 0.05) is 42.0 Å². The highest BCUT2D eigenvalue weighted by atomic mass is 32.1. The third kappa shape index (κ3) is 2.59. The standard InChI is InChI=1S/C16H15F2N3O3S/c1-24-7-15(23)6-16(17,18)3-10-9-2-11(8-4-19-20-5-8)25-12(9)14(22)21-13(10)15/h2,4-5,23H,3,6-7H2,1H3,(H,19,20)(H,21,22)/t15-/m0/s1. The summed E-state index contributed by atoms with van der Waals surface area (Å²) in [7, 11) is 1.32. The number of hydrogen-bond donors (Lipinski definition) is 3. The molecular weight excluding hydrogens is 352 g/mol. The molecule has 0 saturated carbocycles. The molecule has 3 aromatic rings. The number of nitrogens with one attached hydrogen (secondary N) is 2. The van der Waals surface area contributed by atoms with E-state index >= 15 is 0 Å². The predicted octanol–water partition coefficient (Wildman–Crippen LogP) is 2.40. The molecule has 3 N–H and O–H groups in total. The quantitative estimate of drug-likeness (QED) is 0.663. The maximum absolute atomic E-state index is 14.3. The number of thiophene rings is 1. The van der Waals surface area contributed by atoms with Gasteiger partial charge in [-0.3, -0.25) is 9.89 Å². The summed E-state index contributed by atoms with van der Waals surface area (Å²) in [5, 5.41) is 17.7. The van der Waals surface area contributed by atoms with Crippen LogP contribution in [0.4, 0.5) is 8.78 Å². The minimum atomic E-state index is -3.09. The van der Waals surface area contributed by atoms with E-state index in [0.717, 1.165) is 10.4 Å². The Morgan fingerprint density at radius 1 is 1.48 bits per heavy atom. The number of alkyl halides is 2. The van der Waals surface area contributed by atoms with Crippen LogP contribution in [0.5, 0.6) is 0 Å². The molecule has 9 heteroatoms. The Labute approximate surface area is 144 Å². The topological polar surface area (TPSA) is 91.0 Å². The summed E-state index contributed by atoms with van der Waals surface area (Å²) in [6.45, 7) is -0.324. The SMILES string of the molecule is COC[C@@]1(O)CC(F)(F)Cc2c1[nH]c(=O)c1sc(-c3cn[nH]c3)cc21. The van der Waals surface area contributed by atoms with Crippen molar-refractivity contribution in [3.05, 3.63) is 40.1 Å². The van der Waals surface area contributed by atoms with Crippen molar-refractivity contribution in [1.82, 2.24) is 15.2 Å². The maximum Gasteiger partial charge on any atom is 0.266 e. The smallest absolute Gasteiger partial charge is 0.266 e.